The minimum absolute atomic E-state index is 0.0338. The number of piperidine rings is 1. The molecular weight excluding hydrogens is 352 g/mol. The monoisotopic (exact) mass is 382 g/mol. The van der Waals surface area contributed by atoms with Gasteiger partial charge in [0, 0.05) is 19.7 Å². The van der Waals surface area contributed by atoms with Crippen LogP contribution in [0.1, 0.15) is 49.3 Å². The molecule has 0 N–H and O–H groups in total. The third-order valence-corrected chi connectivity index (χ3v) is 6.32. The van der Waals surface area contributed by atoms with Gasteiger partial charge in [0.15, 0.2) is 0 Å². The van der Waals surface area contributed by atoms with Gasteiger partial charge in [0.2, 0.25) is 0 Å². The lowest BCUT2D eigenvalue weighted by Crippen LogP contribution is -2.41. The molecule has 3 heterocycles. The number of ether oxygens (including phenoxy) is 1. The topological polar surface area (TPSA) is 49.9 Å². The number of carbonyl (C=O) groups is 2. The number of hydrogen-bond donors (Lipinski definition) is 0. The fourth-order valence-corrected chi connectivity index (χ4v) is 4.56. The van der Waals surface area contributed by atoms with Crippen LogP contribution in [0.15, 0.2) is 23.9 Å². The highest BCUT2D eigenvalue weighted by Crippen LogP contribution is 2.35. The molecule has 3 aliphatic rings. The van der Waals surface area contributed by atoms with E-state index in [1.165, 1.54) is 16.9 Å². The average Bonchev–Trinajstić information content (AvgIpc) is 3.26. The van der Waals surface area contributed by atoms with E-state index in [-0.39, 0.29) is 17.9 Å². The second-order valence-corrected chi connectivity index (χ2v) is 8.57. The van der Waals surface area contributed by atoms with Crippen molar-refractivity contribution in [2.45, 2.75) is 52.6 Å². The summed E-state index contributed by atoms with van der Waals surface area (Å²) in [5.74, 6) is 0.206. The maximum Gasteiger partial charge on any atom is 0.277 e. The van der Waals surface area contributed by atoms with Crippen LogP contribution in [0.4, 0.5) is 0 Å². The van der Waals surface area contributed by atoms with Crippen LogP contribution >= 0.6 is 0 Å². The van der Waals surface area contributed by atoms with Gasteiger partial charge >= 0.3 is 0 Å². The van der Waals surface area contributed by atoms with Crippen molar-refractivity contribution >= 4 is 17.4 Å². The maximum atomic E-state index is 13.4. The fourth-order valence-electron chi connectivity index (χ4n) is 4.56. The summed E-state index contributed by atoms with van der Waals surface area (Å²) < 4.78 is 5.71. The Labute approximate surface area is 167 Å². The van der Waals surface area contributed by atoms with E-state index in [0.29, 0.717) is 23.7 Å². The zero-order valence-electron chi connectivity index (χ0n) is 17.2. The summed E-state index contributed by atoms with van der Waals surface area (Å²) >= 11 is 0. The lowest BCUT2D eigenvalue weighted by atomic mass is 9.96. The van der Waals surface area contributed by atoms with Gasteiger partial charge in [-0.15, -0.1) is 0 Å². The highest BCUT2D eigenvalue weighted by molar-refractivity contribution is 6.35. The van der Waals surface area contributed by atoms with Crippen molar-refractivity contribution in [2.24, 2.45) is 5.92 Å². The van der Waals surface area contributed by atoms with Gasteiger partial charge in [-0.3, -0.25) is 14.5 Å². The molecule has 0 aliphatic carbocycles. The van der Waals surface area contributed by atoms with Gasteiger partial charge in [0.25, 0.3) is 11.8 Å². The molecule has 0 saturated carbocycles. The first-order valence-corrected chi connectivity index (χ1v) is 10.5. The van der Waals surface area contributed by atoms with Crippen molar-refractivity contribution in [3.05, 3.63) is 40.6 Å². The number of imide groups is 1. The summed E-state index contributed by atoms with van der Waals surface area (Å²) in [6.45, 7) is 9.07. The van der Waals surface area contributed by atoms with E-state index in [9.17, 15) is 9.59 Å². The summed E-state index contributed by atoms with van der Waals surface area (Å²) in [5, 5.41) is 0. The number of nitrogens with zero attached hydrogens (tertiary/aromatic N) is 2. The van der Waals surface area contributed by atoms with Crippen molar-refractivity contribution in [1.82, 2.24) is 9.80 Å². The van der Waals surface area contributed by atoms with Crippen LogP contribution in [0, 0.1) is 19.8 Å². The molecule has 2 atom stereocenters. The van der Waals surface area contributed by atoms with Gasteiger partial charge < -0.3 is 9.64 Å². The number of benzene rings is 1. The Morgan fingerprint density at radius 1 is 1.07 bits per heavy atom. The molecule has 0 aromatic heterocycles. The van der Waals surface area contributed by atoms with Crippen molar-refractivity contribution in [3.63, 3.8) is 0 Å². The molecule has 2 fully saturated rings. The van der Waals surface area contributed by atoms with Crippen LogP contribution in [0.25, 0.3) is 5.57 Å². The second-order valence-electron chi connectivity index (χ2n) is 8.57. The summed E-state index contributed by atoms with van der Waals surface area (Å²) in [6, 6.07) is 6.05. The zero-order valence-corrected chi connectivity index (χ0v) is 17.2. The number of aryl methyl sites for hydroxylation is 2. The van der Waals surface area contributed by atoms with Gasteiger partial charge in [-0.1, -0.05) is 25.1 Å². The number of amides is 2. The maximum absolute atomic E-state index is 13.4. The first-order chi connectivity index (χ1) is 13.5. The SMILES string of the molecule is Cc1ccc(C2=C(N3CCCC(C)C3)C(=O)N(CC3CCCO3)C2=O)cc1C. The van der Waals surface area contributed by atoms with Gasteiger partial charge in [-0.25, -0.2) is 0 Å². The summed E-state index contributed by atoms with van der Waals surface area (Å²) in [7, 11) is 0. The third kappa shape index (κ3) is 3.48. The van der Waals surface area contributed by atoms with E-state index in [1.54, 1.807) is 0 Å². The second kappa shape index (κ2) is 7.70. The van der Waals surface area contributed by atoms with Crippen LogP contribution in [0.3, 0.4) is 0 Å². The Morgan fingerprint density at radius 2 is 1.89 bits per heavy atom. The normalized spacial score (nSPS) is 26.0. The number of carbonyl (C=O) groups excluding carboxylic acids is 2. The van der Waals surface area contributed by atoms with E-state index < -0.39 is 0 Å². The van der Waals surface area contributed by atoms with Crippen molar-refractivity contribution < 1.29 is 14.3 Å². The summed E-state index contributed by atoms with van der Waals surface area (Å²) in [4.78, 5) is 30.4. The molecule has 2 amide bonds. The molecule has 0 spiro atoms. The molecule has 2 saturated heterocycles. The minimum Gasteiger partial charge on any atom is -0.376 e. The van der Waals surface area contributed by atoms with Crippen molar-refractivity contribution in [2.75, 3.05) is 26.2 Å². The van der Waals surface area contributed by atoms with Gasteiger partial charge in [0.05, 0.1) is 18.2 Å². The predicted molar refractivity (Wildman–Crippen MR) is 109 cm³/mol. The summed E-state index contributed by atoms with van der Waals surface area (Å²) in [6.07, 6.45) is 4.09. The Hall–Kier alpha value is -2.14. The van der Waals surface area contributed by atoms with Gasteiger partial charge in [-0.05, 0) is 62.1 Å². The molecule has 5 nitrogen and oxygen atoms in total. The molecular formula is C23H30N2O3. The Bertz CT molecular complexity index is 823. The number of rotatable bonds is 4. The van der Waals surface area contributed by atoms with E-state index in [2.05, 4.69) is 18.7 Å². The van der Waals surface area contributed by atoms with E-state index in [0.717, 1.165) is 50.1 Å². The molecule has 28 heavy (non-hydrogen) atoms. The Balaban J connectivity index is 1.73. The lowest BCUT2D eigenvalue weighted by molar-refractivity contribution is -0.139. The summed E-state index contributed by atoms with van der Waals surface area (Å²) in [5.41, 5.74) is 4.34. The first kappa shape index (κ1) is 19.2. The zero-order chi connectivity index (χ0) is 19.8. The van der Waals surface area contributed by atoms with Crippen LogP contribution < -0.4 is 0 Å². The highest BCUT2D eigenvalue weighted by Gasteiger charge is 2.43. The average molecular weight is 383 g/mol. The van der Waals surface area contributed by atoms with Crippen LogP contribution in [-0.2, 0) is 14.3 Å². The van der Waals surface area contributed by atoms with Crippen LogP contribution in [0.5, 0.6) is 0 Å². The highest BCUT2D eigenvalue weighted by atomic mass is 16.5. The van der Waals surface area contributed by atoms with Crippen molar-refractivity contribution in [3.8, 4) is 0 Å². The van der Waals surface area contributed by atoms with Crippen LogP contribution in [0.2, 0.25) is 0 Å². The number of likely N-dealkylation sites (tertiary alicyclic amines) is 1. The molecule has 2 unspecified atom stereocenters. The molecule has 1 aromatic rings. The van der Waals surface area contributed by atoms with E-state index in [4.69, 9.17) is 4.74 Å². The fraction of sp³-hybridized carbons (Fsp3) is 0.565. The van der Waals surface area contributed by atoms with Crippen molar-refractivity contribution in [1.29, 1.82) is 0 Å². The van der Waals surface area contributed by atoms with Gasteiger partial charge in [-0.2, -0.15) is 0 Å². The molecule has 3 aliphatic heterocycles. The molecule has 0 bridgehead atoms. The smallest absolute Gasteiger partial charge is 0.277 e. The minimum atomic E-state index is -0.169. The number of hydrogen-bond acceptors (Lipinski definition) is 4. The molecule has 0 radical (unpaired) electrons. The lowest BCUT2D eigenvalue weighted by Gasteiger charge is -2.33. The quantitative estimate of drug-likeness (QED) is 0.750. The van der Waals surface area contributed by atoms with E-state index in [1.807, 2.05) is 25.1 Å². The molecule has 1 aromatic carbocycles. The molecule has 5 heteroatoms. The molecule has 4 rings (SSSR count). The molecule has 150 valence electrons. The predicted octanol–water partition coefficient (Wildman–Crippen LogP) is 3.29. The van der Waals surface area contributed by atoms with E-state index >= 15 is 0 Å². The third-order valence-electron chi connectivity index (χ3n) is 6.32. The first-order valence-electron chi connectivity index (χ1n) is 10.5. The van der Waals surface area contributed by atoms with Crippen LogP contribution in [-0.4, -0.2) is 54.0 Å². The van der Waals surface area contributed by atoms with Gasteiger partial charge in [0.1, 0.15) is 5.70 Å². The largest absolute Gasteiger partial charge is 0.376 e. The Morgan fingerprint density at radius 3 is 2.57 bits per heavy atom. The Kier molecular flexibility index (Phi) is 5.28. The standard InChI is InChI=1S/C23H30N2O3/c1-15-6-4-10-24(13-15)21-20(18-9-8-16(2)17(3)12-18)22(26)25(23(21)27)14-19-7-5-11-28-19/h8-9,12,15,19H,4-7,10-11,13-14H2,1-3H3.